The Hall–Kier alpha value is -0.540. The van der Waals surface area contributed by atoms with Crippen molar-refractivity contribution in [1.29, 1.82) is 0 Å². The van der Waals surface area contributed by atoms with Crippen molar-refractivity contribution in [2.45, 2.75) is 32.6 Å². The quantitative estimate of drug-likeness (QED) is 0.851. The summed E-state index contributed by atoms with van der Waals surface area (Å²) in [6.45, 7) is 2.98. The predicted octanol–water partition coefficient (Wildman–Crippen LogP) is 4.41. The number of hydrogen-bond donors (Lipinski definition) is 1. The van der Waals surface area contributed by atoms with E-state index >= 15 is 0 Å². The normalized spacial score (nSPS) is 16.4. The summed E-state index contributed by atoms with van der Waals surface area (Å²) in [6, 6.07) is 5.23. The minimum absolute atomic E-state index is 0.0269. The SMILES string of the molecule is CCCC1(CNC(=O)c2ccc(Cl)cc2Br)CC1. The monoisotopic (exact) mass is 329 g/mol. The van der Waals surface area contributed by atoms with Gasteiger partial charge in [-0.05, 0) is 58.8 Å². The molecule has 1 aliphatic carbocycles. The van der Waals surface area contributed by atoms with Crippen molar-refractivity contribution in [2.24, 2.45) is 5.41 Å². The van der Waals surface area contributed by atoms with Crippen molar-refractivity contribution >= 4 is 33.4 Å². The van der Waals surface area contributed by atoms with Crippen molar-refractivity contribution < 1.29 is 4.79 Å². The van der Waals surface area contributed by atoms with Gasteiger partial charge in [-0.25, -0.2) is 0 Å². The molecule has 0 aromatic heterocycles. The summed E-state index contributed by atoms with van der Waals surface area (Å²) in [4.78, 5) is 12.1. The van der Waals surface area contributed by atoms with Gasteiger partial charge in [0.2, 0.25) is 0 Å². The van der Waals surface area contributed by atoms with Gasteiger partial charge in [-0.3, -0.25) is 4.79 Å². The number of benzene rings is 1. The molecule has 0 unspecified atom stereocenters. The summed E-state index contributed by atoms with van der Waals surface area (Å²) < 4.78 is 0.743. The van der Waals surface area contributed by atoms with Crippen LogP contribution in [0.3, 0.4) is 0 Å². The van der Waals surface area contributed by atoms with E-state index < -0.39 is 0 Å². The zero-order valence-electron chi connectivity index (χ0n) is 10.4. The van der Waals surface area contributed by atoms with Gasteiger partial charge in [0.15, 0.2) is 0 Å². The Bertz CT molecular complexity index is 457. The average molecular weight is 331 g/mol. The number of nitrogens with one attached hydrogen (secondary N) is 1. The van der Waals surface area contributed by atoms with Gasteiger partial charge >= 0.3 is 0 Å². The van der Waals surface area contributed by atoms with Gasteiger partial charge in [-0.2, -0.15) is 0 Å². The minimum atomic E-state index is -0.0269. The summed E-state index contributed by atoms with van der Waals surface area (Å²) in [5.74, 6) is -0.0269. The molecule has 98 valence electrons. The molecular weight excluding hydrogens is 314 g/mol. The van der Waals surface area contributed by atoms with Crippen molar-refractivity contribution in [3.63, 3.8) is 0 Å². The van der Waals surface area contributed by atoms with E-state index in [1.165, 1.54) is 25.7 Å². The topological polar surface area (TPSA) is 29.1 Å². The second kappa shape index (κ2) is 5.62. The molecule has 1 aromatic carbocycles. The first-order chi connectivity index (χ1) is 8.56. The Kier molecular flexibility index (Phi) is 4.33. The first-order valence-corrected chi connectivity index (χ1v) is 7.47. The molecule has 0 atom stereocenters. The van der Waals surface area contributed by atoms with Gasteiger partial charge in [0.25, 0.3) is 5.91 Å². The van der Waals surface area contributed by atoms with E-state index in [2.05, 4.69) is 28.2 Å². The lowest BCUT2D eigenvalue weighted by atomic mass is 10.0. The van der Waals surface area contributed by atoms with Crippen molar-refractivity contribution in [3.05, 3.63) is 33.3 Å². The third kappa shape index (κ3) is 3.27. The van der Waals surface area contributed by atoms with Crippen molar-refractivity contribution in [1.82, 2.24) is 5.32 Å². The summed E-state index contributed by atoms with van der Waals surface area (Å²) in [5.41, 5.74) is 1.02. The number of carbonyl (C=O) groups is 1. The molecular formula is C14H17BrClNO. The fourth-order valence-electron chi connectivity index (χ4n) is 2.26. The van der Waals surface area contributed by atoms with Gasteiger partial charge < -0.3 is 5.32 Å². The first kappa shape index (κ1) is 13.9. The summed E-state index contributed by atoms with van der Waals surface area (Å²) >= 11 is 9.23. The molecule has 2 rings (SSSR count). The van der Waals surface area contributed by atoms with Crippen LogP contribution in [-0.4, -0.2) is 12.5 Å². The zero-order chi connectivity index (χ0) is 13.2. The molecule has 0 radical (unpaired) electrons. The van der Waals surface area contributed by atoms with E-state index in [-0.39, 0.29) is 5.91 Å². The second-order valence-corrected chi connectivity index (χ2v) is 6.35. The predicted molar refractivity (Wildman–Crippen MR) is 78.1 cm³/mol. The zero-order valence-corrected chi connectivity index (χ0v) is 12.8. The van der Waals surface area contributed by atoms with Gasteiger partial charge in [0, 0.05) is 16.0 Å². The van der Waals surface area contributed by atoms with Crippen molar-refractivity contribution in [3.8, 4) is 0 Å². The van der Waals surface area contributed by atoms with Gasteiger partial charge in [-0.1, -0.05) is 24.9 Å². The van der Waals surface area contributed by atoms with Crippen LogP contribution in [0.2, 0.25) is 5.02 Å². The van der Waals surface area contributed by atoms with Crippen molar-refractivity contribution in [2.75, 3.05) is 6.54 Å². The lowest BCUT2D eigenvalue weighted by Gasteiger charge is -2.15. The minimum Gasteiger partial charge on any atom is -0.351 e. The molecule has 1 aromatic rings. The van der Waals surface area contributed by atoms with E-state index in [0.717, 1.165) is 11.0 Å². The highest BCUT2D eigenvalue weighted by molar-refractivity contribution is 9.10. The van der Waals surface area contributed by atoms with Crippen LogP contribution in [0.15, 0.2) is 22.7 Å². The van der Waals surface area contributed by atoms with E-state index in [1.807, 2.05) is 0 Å². The highest BCUT2D eigenvalue weighted by Crippen LogP contribution is 2.48. The Morgan fingerprint density at radius 3 is 2.78 bits per heavy atom. The fourth-order valence-corrected chi connectivity index (χ4v) is 3.12. The second-order valence-electron chi connectivity index (χ2n) is 5.06. The van der Waals surface area contributed by atoms with E-state index in [1.54, 1.807) is 18.2 Å². The number of halogens is 2. The average Bonchev–Trinajstić information content (AvgIpc) is 3.07. The Labute approximate surface area is 121 Å². The summed E-state index contributed by atoms with van der Waals surface area (Å²) in [6.07, 6.45) is 4.86. The lowest BCUT2D eigenvalue weighted by molar-refractivity contribution is 0.0943. The third-order valence-corrected chi connectivity index (χ3v) is 4.43. The molecule has 0 heterocycles. The molecule has 1 fully saturated rings. The molecule has 0 bridgehead atoms. The smallest absolute Gasteiger partial charge is 0.252 e. The van der Waals surface area contributed by atoms with E-state index in [9.17, 15) is 4.79 Å². The Balaban J connectivity index is 1.96. The molecule has 0 saturated heterocycles. The molecule has 2 nitrogen and oxygen atoms in total. The number of carbonyl (C=O) groups excluding carboxylic acids is 1. The maximum atomic E-state index is 12.1. The number of amides is 1. The molecule has 18 heavy (non-hydrogen) atoms. The van der Waals surface area contributed by atoms with Gasteiger partial charge in [-0.15, -0.1) is 0 Å². The van der Waals surface area contributed by atoms with Crippen LogP contribution in [0.5, 0.6) is 0 Å². The van der Waals surface area contributed by atoms with Crippen LogP contribution in [0.25, 0.3) is 0 Å². The van der Waals surface area contributed by atoms with Crippen LogP contribution in [0, 0.1) is 5.41 Å². The maximum Gasteiger partial charge on any atom is 0.252 e. The van der Waals surface area contributed by atoms with Crippen LogP contribution in [0.1, 0.15) is 43.0 Å². The van der Waals surface area contributed by atoms with E-state index in [0.29, 0.717) is 16.0 Å². The first-order valence-electron chi connectivity index (χ1n) is 6.29. The standard InChI is InChI=1S/C14H17BrClNO/c1-2-5-14(6-7-14)9-17-13(18)11-4-3-10(16)8-12(11)15/h3-4,8H,2,5-7,9H2,1H3,(H,17,18). The van der Waals surface area contributed by atoms with Crippen LogP contribution in [0.4, 0.5) is 0 Å². The molecule has 1 aliphatic rings. The summed E-state index contributed by atoms with van der Waals surface area (Å²) in [5, 5.41) is 3.66. The van der Waals surface area contributed by atoms with Crippen LogP contribution in [-0.2, 0) is 0 Å². The highest BCUT2D eigenvalue weighted by atomic mass is 79.9. The van der Waals surface area contributed by atoms with E-state index in [4.69, 9.17) is 11.6 Å². The van der Waals surface area contributed by atoms with Crippen LogP contribution < -0.4 is 5.32 Å². The molecule has 1 N–H and O–H groups in total. The maximum absolute atomic E-state index is 12.1. The molecule has 0 aliphatic heterocycles. The molecule has 1 amide bonds. The largest absolute Gasteiger partial charge is 0.351 e. The van der Waals surface area contributed by atoms with Crippen LogP contribution >= 0.6 is 27.5 Å². The lowest BCUT2D eigenvalue weighted by Crippen LogP contribution is -2.30. The fraction of sp³-hybridized carbons (Fsp3) is 0.500. The molecule has 4 heteroatoms. The summed E-state index contributed by atoms with van der Waals surface area (Å²) in [7, 11) is 0. The number of rotatable bonds is 5. The molecule has 1 saturated carbocycles. The highest BCUT2D eigenvalue weighted by Gasteiger charge is 2.41. The third-order valence-electron chi connectivity index (χ3n) is 3.54. The van der Waals surface area contributed by atoms with Gasteiger partial charge in [0.1, 0.15) is 0 Å². The van der Waals surface area contributed by atoms with Gasteiger partial charge in [0.05, 0.1) is 5.56 Å². The Morgan fingerprint density at radius 2 is 2.22 bits per heavy atom. The number of hydrogen-bond acceptors (Lipinski definition) is 1. The Morgan fingerprint density at radius 1 is 1.50 bits per heavy atom. The molecule has 0 spiro atoms.